The van der Waals surface area contributed by atoms with E-state index in [4.69, 9.17) is 5.73 Å². The summed E-state index contributed by atoms with van der Waals surface area (Å²) in [6.45, 7) is 0. The standard InChI is InChI=1S/2C22H18FN3O.C13H12N4.C7H4FNO/c2*23-18-4-1-3-15(10-18)11-20(27)12-19-7-6-16(13-25-19)9-17-14-26-22-21(17)5-2-8-24-22;14-12-4-3-9(7-16-12)6-10-8-17-13-11(10)2-1-5-15-13;8-6-2-1-3-7(4-6)9-5-10/h2*1-8,10,13-14H,9,11-12H2,(H,24,26);1-5,7-8H,6H2,(H2,14,16)(H,15,17);1-4H. The molecular formula is C64H52F3N11O3. The number of carbonyl (C=O) groups excluding carboxylic acids is 3. The van der Waals surface area contributed by atoms with Gasteiger partial charge in [0.25, 0.3) is 0 Å². The van der Waals surface area contributed by atoms with Gasteiger partial charge in [-0.05, 0) is 136 Å². The van der Waals surface area contributed by atoms with Crippen molar-refractivity contribution in [1.82, 2.24) is 44.9 Å². The van der Waals surface area contributed by atoms with Crippen molar-refractivity contribution in [2.45, 2.75) is 44.9 Å². The fraction of sp³-hybridized carbons (Fsp3) is 0.109. The smallest absolute Gasteiger partial charge is 0.240 e. The Labute approximate surface area is 463 Å². The summed E-state index contributed by atoms with van der Waals surface area (Å²) in [7, 11) is 0. The topological polar surface area (TPSA) is 214 Å². The maximum Gasteiger partial charge on any atom is 0.240 e. The molecule has 81 heavy (non-hydrogen) atoms. The predicted octanol–water partition coefficient (Wildman–Crippen LogP) is 12.0. The molecule has 9 heterocycles. The van der Waals surface area contributed by atoms with Crippen LogP contribution in [0.4, 0.5) is 24.7 Å². The molecule has 12 aromatic rings. The predicted molar refractivity (Wildman–Crippen MR) is 306 cm³/mol. The third kappa shape index (κ3) is 16.0. The number of nitrogens with zero attached hydrogens (tertiary/aromatic N) is 7. The fourth-order valence-corrected chi connectivity index (χ4v) is 8.88. The Hall–Kier alpha value is -10.5. The van der Waals surface area contributed by atoms with Gasteiger partial charge in [0, 0.05) is 134 Å². The third-order valence-electron chi connectivity index (χ3n) is 12.7. The first-order valence-corrected chi connectivity index (χ1v) is 25.7. The number of ketones is 2. The molecule has 0 atom stereocenters. The molecule has 0 aliphatic rings. The van der Waals surface area contributed by atoms with Crippen LogP contribution < -0.4 is 5.73 Å². The molecule has 14 nitrogen and oxygen atoms in total. The number of isocyanates is 1. The number of pyridine rings is 6. The number of nitrogen functional groups attached to an aromatic ring is 1. The number of benzene rings is 3. The van der Waals surface area contributed by atoms with Gasteiger partial charge in [0.1, 0.15) is 51.8 Å². The molecule has 9 aromatic heterocycles. The molecule has 0 fully saturated rings. The van der Waals surface area contributed by atoms with Crippen LogP contribution in [0, 0.1) is 17.5 Å². The lowest BCUT2D eigenvalue weighted by Gasteiger charge is -2.04. The molecule has 0 unspecified atom stereocenters. The van der Waals surface area contributed by atoms with E-state index in [1.54, 1.807) is 55.2 Å². The Morgan fingerprint density at radius 3 is 1.22 bits per heavy atom. The van der Waals surface area contributed by atoms with E-state index in [0.717, 1.165) is 97.6 Å². The summed E-state index contributed by atoms with van der Waals surface area (Å²) in [4.78, 5) is 72.6. The zero-order chi connectivity index (χ0) is 56.3. The van der Waals surface area contributed by atoms with Gasteiger partial charge in [-0.3, -0.25) is 19.6 Å². The first-order valence-electron chi connectivity index (χ1n) is 25.7. The number of aromatic amines is 3. The highest BCUT2D eigenvalue weighted by Crippen LogP contribution is 2.22. The molecule has 0 aliphatic carbocycles. The Kier molecular flexibility index (Phi) is 18.5. The quantitative estimate of drug-likeness (QED) is 0.0563. The molecule has 5 N–H and O–H groups in total. The molecule has 0 bridgehead atoms. The van der Waals surface area contributed by atoms with Gasteiger partial charge < -0.3 is 20.7 Å². The number of nitrogens with two attached hydrogens (primary N) is 1. The number of anilines is 1. The number of fused-ring (bicyclic) bond motifs is 3. The second-order valence-electron chi connectivity index (χ2n) is 18.8. The minimum absolute atomic E-state index is 0.0172. The number of aromatic nitrogens is 9. The highest BCUT2D eigenvalue weighted by Gasteiger charge is 2.12. The zero-order valence-electron chi connectivity index (χ0n) is 43.6. The highest BCUT2D eigenvalue weighted by atomic mass is 19.1. The number of rotatable bonds is 15. The van der Waals surface area contributed by atoms with Crippen molar-refractivity contribution >= 4 is 62.3 Å². The average Bonchev–Trinajstić information content (AvgIpc) is 4.21. The van der Waals surface area contributed by atoms with E-state index in [9.17, 15) is 27.6 Å². The van der Waals surface area contributed by atoms with E-state index >= 15 is 0 Å². The molecule has 12 rings (SSSR count). The molecule has 0 aliphatic heterocycles. The molecule has 0 saturated carbocycles. The molecule has 3 aromatic carbocycles. The SMILES string of the molecule is Nc1ccc(Cc2c[nH]c3ncccc23)cn1.O=C(Cc1cccc(F)c1)Cc1ccc(Cc2c[nH]c3ncccc23)cn1.O=C(Cc1cccc(F)c1)Cc1ccc(Cc2c[nH]c3ncccc23)cn1.O=C=Nc1cccc(F)c1. The number of halogens is 3. The van der Waals surface area contributed by atoms with Gasteiger partial charge >= 0.3 is 0 Å². The Balaban J connectivity index is 0.000000138. The first kappa shape index (κ1) is 55.3. The van der Waals surface area contributed by atoms with Gasteiger partial charge in [-0.15, -0.1) is 0 Å². The first-order chi connectivity index (χ1) is 39.5. The molecular weight excluding hydrogens is 1030 g/mol. The summed E-state index contributed by atoms with van der Waals surface area (Å²) in [6, 6.07) is 41.2. The number of nitrogens with one attached hydrogen (secondary N) is 3. The van der Waals surface area contributed by atoms with E-state index in [1.165, 1.54) is 54.1 Å². The van der Waals surface area contributed by atoms with Crippen molar-refractivity contribution in [3.05, 3.63) is 275 Å². The van der Waals surface area contributed by atoms with Crippen LogP contribution in [0.5, 0.6) is 0 Å². The summed E-state index contributed by atoms with van der Waals surface area (Å²) in [6.07, 6.45) is 21.2. The Morgan fingerprint density at radius 2 is 0.852 bits per heavy atom. The second kappa shape index (κ2) is 27.2. The van der Waals surface area contributed by atoms with Crippen LogP contribution in [-0.4, -0.2) is 62.5 Å². The van der Waals surface area contributed by atoms with Crippen molar-refractivity contribution in [3.63, 3.8) is 0 Å². The summed E-state index contributed by atoms with van der Waals surface area (Å²) < 4.78 is 38.7. The van der Waals surface area contributed by atoms with Gasteiger partial charge in [-0.2, -0.15) is 4.99 Å². The maximum atomic E-state index is 13.2. The van der Waals surface area contributed by atoms with Crippen LogP contribution in [0.1, 0.15) is 55.9 Å². The van der Waals surface area contributed by atoms with E-state index in [1.807, 2.05) is 91.5 Å². The maximum absolute atomic E-state index is 13.2. The number of Topliss-reactive ketones (excluding diaryl/α,β-unsaturated/α-hetero) is 2. The third-order valence-corrected chi connectivity index (χ3v) is 12.7. The molecule has 0 spiro atoms. The van der Waals surface area contributed by atoms with Crippen LogP contribution in [0.2, 0.25) is 0 Å². The van der Waals surface area contributed by atoms with Crippen molar-refractivity contribution in [2.24, 2.45) is 4.99 Å². The van der Waals surface area contributed by atoms with E-state index in [2.05, 4.69) is 55.9 Å². The van der Waals surface area contributed by atoms with Gasteiger partial charge in [0.15, 0.2) is 0 Å². The number of hydrogen-bond acceptors (Lipinski definition) is 11. The summed E-state index contributed by atoms with van der Waals surface area (Å²) in [5.74, 6) is -0.469. The number of aliphatic imine (C=N–C) groups is 1. The van der Waals surface area contributed by atoms with Crippen LogP contribution >= 0.6 is 0 Å². The summed E-state index contributed by atoms with van der Waals surface area (Å²) in [5.41, 5.74) is 18.2. The highest BCUT2D eigenvalue weighted by molar-refractivity contribution is 5.84. The van der Waals surface area contributed by atoms with E-state index < -0.39 is 5.82 Å². The monoisotopic (exact) mass is 1080 g/mol. The van der Waals surface area contributed by atoms with Gasteiger partial charge in [0.2, 0.25) is 6.08 Å². The van der Waals surface area contributed by atoms with Crippen LogP contribution in [-0.2, 0) is 59.3 Å². The van der Waals surface area contributed by atoms with Gasteiger partial charge in [-0.25, -0.2) is 37.9 Å². The number of carbonyl (C=O) groups is 2. The number of hydrogen-bond donors (Lipinski definition) is 4. The average molecular weight is 1080 g/mol. The number of H-pyrrole nitrogens is 3. The normalized spacial score (nSPS) is 10.7. The Morgan fingerprint density at radius 1 is 0.444 bits per heavy atom. The van der Waals surface area contributed by atoms with Crippen LogP contribution in [0.3, 0.4) is 0 Å². The van der Waals surface area contributed by atoms with E-state index in [0.29, 0.717) is 16.9 Å². The summed E-state index contributed by atoms with van der Waals surface area (Å²) in [5, 5.41) is 3.36. The van der Waals surface area contributed by atoms with Gasteiger partial charge in [0.05, 0.1) is 5.69 Å². The largest absolute Gasteiger partial charge is 0.384 e. The van der Waals surface area contributed by atoms with Gasteiger partial charge in [-0.1, -0.05) is 48.5 Å². The fourth-order valence-electron chi connectivity index (χ4n) is 8.88. The van der Waals surface area contributed by atoms with Crippen molar-refractivity contribution in [2.75, 3.05) is 5.73 Å². The molecule has 402 valence electrons. The minimum Gasteiger partial charge on any atom is -0.384 e. The van der Waals surface area contributed by atoms with Crippen molar-refractivity contribution in [3.8, 4) is 0 Å². The van der Waals surface area contributed by atoms with E-state index in [-0.39, 0.29) is 54.6 Å². The van der Waals surface area contributed by atoms with Crippen LogP contribution in [0.15, 0.2) is 206 Å². The molecule has 17 heteroatoms. The zero-order valence-corrected chi connectivity index (χ0v) is 43.6. The molecule has 0 amide bonds. The second-order valence-corrected chi connectivity index (χ2v) is 18.8. The summed E-state index contributed by atoms with van der Waals surface area (Å²) >= 11 is 0. The lowest BCUT2D eigenvalue weighted by molar-refractivity contribution is -0.118. The minimum atomic E-state index is -0.406. The lowest BCUT2D eigenvalue weighted by Crippen LogP contribution is -2.08. The van der Waals surface area contributed by atoms with Crippen LogP contribution in [0.25, 0.3) is 33.1 Å². The molecule has 0 radical (unpaired) electrons. The van der Waals surface area contributed by atoms with Crippen molar-refractivity contribution in [1.29, 1.82) is 0 Å². The Bertz CT molecular complexity index is 3920. The molecule has 0 saturated heterocycles. The van der Waals surface area contributed by atoms with Crippen molar-refractivity contribution < 1.29 is 27.6 Å². The lowest BCUT2D eigenvalue weighted by atomic mass is 10.0.